The molecule has 4 rings (SSSR count). The van der Waals surface area contributed by atoms with Crippen molar-refractivity contribution in [2.75, 3.05) is 43.4 Å². The first-order valence-electron chi connectivity index (χ1n) is 10.8. The summed E-state index contributed by atoms with van der Waals surface area (Å²) in [7, 11) is 0. The van der Waals surface area contributed by atoms with Crippen LogP contribution in [-0.4, -0.2) is 86.9 Å². The summed E-state index contributed by atoms with van der Waals surface area (Å²) in [5, 5.41) is 18.1. The summed E-state index contributed by atoms with van der Waals surface area (Å²) in [5.74, 6) is 0.294. The van der Waals surface area contributed by atoms with Crippen LogP contribution in [0.15, 0.2) is 24.3 Å². The second-order valence-corrected chi connectivity index (χ2v) is 9.04. The van der Waals surface area contributed by atoms with Crippen molar-refractivity contribution in [3.05, 3.63) is 34.9 Å². The van der Waals surface area contributed by atoms with Crippen LogP contribution in [0.1, 0.15) is 25.3 Å². The third-order valence-electron chi connectivity index (χ3n) is 6.46. The third-order valence-corrected chi connectivity index (χ3v) is 6.71. The zero-order chi connectivity index (χ0) is 22.0. The molecule has 1 aromatic heterocycles. The fourth-order valence-electron chi connectivity index (χ4n) is 4.86. The zero-order valence-electron chi connectivity index (χ0n) is 17.7. The van der Waals surface area contributed by atoms with Gasteiger partial charge in [-0.1, -0.05) is 23.7 Å². The highest BCUT2D eigenvalue weighted by Gasteiger charge is 2.37. The van der Waals surface area contributed by atoms with Crippen LogP contribution in [0.25, 0.3) is 0 Å². The monoisotopic (exact) mass is 447 g/mol. The van der Waals surface area contributed by atoms with Gasteiger partial charge >= 0.3 is 5.97 Å². The molecule has 10 heteroatoms. The number of aromatic amines is 1. The molecule has 9 nitrogen and oxygen atoms in total. The number of hydrogen-bond donors (Lipinski definition) is 3. The molecule has 3 heterocycles. The Morgan fingerprint density at radius 2 is 1.94 bits per heavy atom. The molecular weight excluding hydrogens is 418 g/mol. The van der Waals surface area contributed by atoms with Crippen LogP contribution < -0.4 is 10.6 Å². The van der Waals surface area contributed by atoms with Crippen LogP contribution in [-0.2, 0) is 11.2 Å². The van der Waals surface area contributed by atoms with E-state index in [-0.39, 0.29) is 18.6 Å². The first-order valence-corrected chi connectivity index (χ1v) is 11.2. The lowest BCUT2D eigenvalue weighted by Gasteiger charge is -2.50. The van der Waals surface area contributed by atoms with Crippen molar-refractivity contribution >= 4 is 29.5 Å². The Morgan fingerprint density at radius 3 is 2.55 bits per heavy atom. The van der Waals surface area contributed by atoms with Gasteiger partial charge in [-0.25, -0.2) is 0 Å². The number of benzene rings is 1. The molecule has 0 radical (unpaired) electrons. The van der Waals surface area contributed by atoms with Crippen LogP contribution in [0.5, 0.6) is 0 Å². The Morgan fingerprint density at radius 1 is 1.23 bits per heavy atom. The summed E-state index contributed by atoms with van der Waals surface area (Å²) in [4.78, 5) is 21.3. The number of nitrogens with zero attached hydrogens (tertiary/aromatic N) is 5. The summed E-state index contributed by atoms with van der Waals surface area (Å²) in [6.45, 7) is 5.59. The Kier molecular flexibility index (Phi) is 6.64. The fraction of sp³-hybridized carbons (Fsp3) is 0.571. The highest BCUT2D eigenvalue weighted by molar-refractivity contribution is 6.30. The molecule has 2 aliphatic rings. The lowest BCUT2D eigenvalue weighted by Crippen LogP contribution is -2.62. The summed E-state index contributed by atoms with van der Waals surface area (Å²) >= 11 is 6.06. The lowest BCUT2D eigenvalue weighted by molar-refractivity contribution is -0.140. The molecule has 0 spiro atoms. The van der Waals surface area contributed by atoms with E-state index in [9.17, 15) is 9.90 Å². The number of carboxylic acids is 1. The fourth-order valence-corrected chi connectivity index (χ4v) is 4.98. The molecule has 1 aromatic carbocycles. The van der Waals surface area contributed by atoms with Crippen LogP contribution >= 0.6 is 11.6 Å². The van der Waals surface area contributed by atoms with Gasteiger partial charge in [0.15, 0.2) is 0 Å². The average molecular weight is 448 g/mol. The molecule has 0 aliphatic carbocycles. The maximum absolute atomic E-state index is 11.4. The second-order valence-electron chi connectivity index (χ2n) is 8.61. The van der Waals surface area contributed by atoms with Crippen molar-refractivity contribution in [2.24, 2.45) is 0 Å². The van der Waals surface area contributed by atoms with Gasteiger partial charge in [0.25, 0.3) is 0 Å². The molecule has 0 saturated carbocycles. The summed E-state index contributed by atoms with van der Waals surface area (Å²) in [5.41, 5.74) is 6.90. The molecule has 2 unspecified atom stereocenters. The number of carbonyl (C=O) groups is 1. The number of nitrogens with two attached hydrogens (primary N) is 1. The van der Waals surface area contributed by atoms with E-state index in [0.717, 1.165) is 56.4 Å². The molecule has 31 heavy (non-hydrogen) atoms. The number of halogens is 1. The molecule has 4 N–H and O–H groups in total. The van der Waals surface area contributed by atoms with Gasteiger partial charge < -0.3 is 15.7 Å². The van der Waals surface area contributed by atoms with Gasteiger partial charge in [0.2, 0.25) is 11.9 Å². The average Bonchev–Trinajstić information content (AvgIpc) is 3.18. The van der Waals surface area contributed by atoms with E-state index in [1.807, 2.05) is 12.1 Å². The number of carboxylic acid groups (broad SMARTS) is 1. The number of piperazine rings is 1. The van der Waals surface area contributed by atoms with Gasteiger partial charge in [-0.3, -0.25) is 19.6 Å². The Bertz CT molecular complexity index is 882. The molecule has 2 fully saturated rings. The highest BCUT2D eigenvalue weighted by atomic mass is 35.5. The van der Waals surface area contributed by atoms with Crippen molar-refractivity contribution < 1.29 is 9.90 Å². The van der Waals surface area contributed by atoms with Crippen LogP contribution in [0.2, 0.25) is 5.02 Å². The van der Waals surface area contributed by atoms with E-state index in [0.29, 0.717) is 12.0 Å². The van der Waals surface area contributed by atoms with Crippen molar-refractivity contribution in [3.63, 3.8) is 0 Å². The number of hydrogen-bond acceptors (Lipinski definition) is 7. The number of piperidine rings is 1. The van der Waals surface area contributed by atoms with Crippen LogP contribution in [0.3, 0.4) is 0 Å². The largest absolute Gasteiger partial charge is 0.480 e. The maximum Gasteiger partial charge on any atom is 0.317 e. The summed E-state index contributed by atoms with van der Waals surface area (Å²) in [6, 6.07) is 8.88. The predicted octanol–water partition coefficient (Wildman–Crippen LogP) is 1.71. The number of rotatable bonds is 6. The Labute approximate surface area is 187 Å². The van der Waals surface area contributed by atoms with E-state index in [2.05, 4.69) is 48.9 Å². The van der Waals surface area contributed by atoms with Gasteiger partial charge in [-0.15, -0.1) is 10.2 Å². The van der Waals surface area contributed by atoms with Crippen LogP contribution in [0.4, 0.5) is 11.9 Å². The Hall–Kier alpha value is -2.36. The van der Waals surface area contributed by atoms with E-state index in [1.165, 1.54) is 5.56 Å². The zero-order valence-corrected chi connectivity index (χ0v) is 18.5. The van der Waals surface area contributed by atoms with E-state index < -0.39 is 5.97 Å². The van der Waals surface area contributed by atoms with Crippen molar-refractivity contribution in [2.45, 2.75) is 44.3 Å². The van der Waals surface area contributed by atoms with Crippen molar-refractivity contribution in [1.29, 1.82) is 0 Å². The van der Waals surface area contributed by atoms with Gasteiger partial charge in [0.05, 0.1) is 6.54 Å². The van der Waals surface area contributed by atoms with E-state index in [1.54, 1.807) is 0 Å². The molecule has 0 bridgehead atoms. The van der Waals surface area contributed by atoms with E-state index in [4.69, 9.17) is 17.3 Å². The minimum atomic E-state index is -0.773. The topological polar surface area (TPSA) is 115 Å². The SMILES string of the molecule is CC1CN(C2CCN(c3nnc(N)[nH]3)CC2)C(Cc2ccc(Cl)cc2)CN1CC(=O)O. The molecular formula is C21H30ClN7O2. The van der Waals surface area contributed by atoms with Gasteiger partial charge in [0.1, 0.15) is 0 Å². The molecule has 0 amide bonds. The second kappa shape index (κ2) is 9.42. The number of H-pyrrole nitrogens is 1. The van der Waals surface area contributed by atoms with Crippen molar-refractivity contribution in [3.8, 4) is 0 Å². The summed E-state index contributed by atoms with van der Waals surface area (Å²) < 4.78 is 0. The highest BCUT2D eigenvalue weighted by Crippen LogP contribution is 2.27. The minimum Gasteiger partial charge on any atom is -0.480 e. The Balaban J connectivity index is 1.46. The standard InChI is InChI=1S/C21H30ClN7O2/c1-14-11-29(17-6-8-27(9-7-17)21-24-20(23)25-26-21)18(12-28(14)13-19(30)31)10-15-2-4-16(22)5-3-15/h2-5,14,17-18H,6-13H2,1H3,(H,30,31)(H3,23,24,25,26). The predicted molar refractivity (Wildman–Crippen MR) is 120 cm³/mol. The van der Waals surface area contributed by atoms with Gasteiger partial charge in [0, 0.05) is 49.3 Å². The first kappa shape index (κ1) is 21.9. The maximum atomic E-state index is 11.4. The minimum absolute atomic E-state index is 0.0808. The number of aromatic nitrogens is 3. The molecule has 2 aliphatic heterocycles. The van der Waals surface area contributed by atoms with Gasteiger partial charge in [-0.05, 0) is 43.9 Å². The lowest BCUT2D eigenvalue weighted by atomic mass is 9.94. The molecule has 2 saturated heterocycles. The van der Waals surface area contributed by atoms with Gasteiger partial charge in [-0.2, -0.15) is 0 Å². The van der Waals surface area contributed by atoms with Crippen molar-refractivity contribution in [1.82, 2.24) is 25.0 Å². The number of nitrogens with one attached hydrogen (secondary N) is 1. The number of anilines is 2. The molecule has 168 valence electrons. The van der Waals surface area contributed by atoms with Crippen LogP contribution in [0, 0.1) is 0 Å². The normalized spacial score (nSPS) is 23.9. The molecule has 2 aromatic rings. The third kappa shape index (κ3) is 5.28. The molecule has 2 atom stereocenters. The summed E-state index contributed by atoms with van der Waals surface area (Å²) in [6.07, 6.45) is 2.91. The van der Waals surface area contributed by atoms with E-state index >= 15 is 0 Å². The smallest absolute Gasteiger partial charge is 0.317 e. The number of nitrogen functional groups attached to an aromatic ring is 1. The first-order chi connectivity index (χ1) is 14.9. The number of aliphatic carboxylic acids is 1. The quantitative estimate of drug-likeness (QED) is 0.613.